The molecule has 0 heterocycles. The van der Waals surface area contributed by atoms with Crippen molar-refractivity contribution in [3.8, 4) is 5.75 Å². The number of hydrogen-bond acceptors (Lipinski definition) is 5. The third kappa shape index (κ3) is 5.84. The summed E-state index contributed by atoms with van der Waals surface area (Å²) in [6.45, 7) is 2.38. The van der Waals surface area contributed by atoms with Crippen LogP contribution in [0.15, 0.2) is 89.8 Å². The lowest BCUT2D eigenvalue weighted by atomic mass is 9.98. The SMILES string of the molecule is CCOc1ccccc1NC(=O)CSc1cccc(NC(=O)c2cccc3cccc(C(=O)O)c23)c1. The van der Waals surface area contributed by atoms with Crippen LogP contribution in [0.4, 0.5) is 11.4 Å². The molecular weight excluding hydrogens is 476 g/mol. The van der Waals surface area contributed by atoms with Gasteiger partial charge in [0, 0.05) is 21.5 Å². The number of ether oxygens (including phenoxy) is 1. The molecule has 4 aromatic carbocycles. The van der Waals surface area contributed by atoms with E-state index in [2.05, 4.69) is 10.6 Å². The van der Waals surface area contributed by atoms with Crippen molar-refractivity contribution in [2.75, 3.05) is 23.0 Å². The Morgan fingerprint density at radius 3 is 2.33 bits per heavy atom. The maximum absolute atomic E-state index is 13.1. The van der Waals surface area contributed by atoms with Crippen molar-refractivity contribution >= 4 is 51.7 Å². The number of carbonyl (C=O) groups is 3. The van der Waals surface area contributed by atoms with E-state index >= 15 is 0 Å². The highest BCUT2D eigenvalue weighted by atomic mass is 32.2. The lowest BCUT2D eigenvalue weighted by Crippen LogP contribution is -2.15. The summed E-state index contributed by atoms with van der Waals surface area (Å²) in [6.07, 6.45) is 0. The maximum atomic E-state index is 13.1. The van der Waals surface area contributed by atoms with Gasteiger partial charge in [-0.05, 0) is 54.8 Å². The number of carbonyl (C=O) groups excluding carboxylic acids is 2. The number of rotatable bonds is 9. The van der Waals surface area contributed by atoms with E-state index in [1.165, 1.54) is 17.8 Å². The maximum Gasteiger partial charge on any atom is 0.336 e. The van der Waals surface area contributed by atoms with Crippen LogP contribution in [-0.2, 0) is 4.79 Å². The summed E-state index contributed by atoms with van der Waals surface area (Å²) in [5, 5.41) is 16.3. The number of benzene rings is 4. The first-order valence-electron chi connectivity index (χ1n) is 11.3. The molecule has 0 aliphatic rings. The summed E-state index contributed by atoms with van der Waals surface area (Å²) in [5.74, 6) is -0.910. The Morgan fingerprint density at radius 1 is 0.861 bits per heavy atom. The fraction of sp³-hybridized carbons (Fsp3) is 0.107. The van der Waals surface area contributed by atoms with Gasteiger partial charge in [0.25, 0.3) is 5.91 Å². The van der Waals surface area contributed by atoms with Crippen molar-refractivity contribution in [3.63, 3.8) is 0 Å². The molecule has 0 aromatic heterocycles. The van der Waals surface area contributed by atoms with Crippen molar-refractivity contribution in [1.29, 1.82) is 0 Å². The van der Waals surface area contributed by atoms with E-state index in [4.69, 9.17) is 4.74 Å². The summed E-state index contributed by atoms with van der Waals surface area (Å²) in [6, 6.07) is 24.4. The number of aromatic carboxylic acids is 1. The van der Waals surface area contributed by atoms with Crippen molar-refractivity contribution < 1.29 is 24.2 Å². The number of fused-ring (bicyclic) bond motifs is 1. The van der Waals surface area contributed by atoms with Crippen LogP contribution in [-0.4, -0.2) is 35.2 Å². The molecular formula is C28H24N2O5S. The fourth-order valence-corrected chi connectivity index (χ4v) is 4.51. The molecule has 0 unspecified atom stereocenters. The fourth-order valence-electron chi connectivity index (χ4n) is 3.76. The van der Waals surface area contributed by atoms with Crippen LogP contribution < -0.4 is 15.4 Å². The first-order valence-corrected chi connectivity index (χ1v) is 12.3. The highest BCUT2D eigenvalue weighted by Crippen LogP contribution is 2.27. The molecule has 4 rings (SSSR count). The van der Waals surface area contributed by atoms with E-state index in [0.29, 0.717) is 34.5 Å². The average Bonchev–Trinajstić information content (AvgIpc) is 2.88. The van der Waals surface area contributed by atoms with Crippen LogP contribution in [0, 0.1) is 0 Å². The number of carboxylic acids is 1. The zero-order chi connectivity index (χ0) is 25.5. The Labute approximate surface area is 212 Å². The average molecular weight is 501 g/mol. The second-order valence-electron chi connectivity index (χ2n) is 7.76. The summed E-state index contributed by atoms with van der Waals surface area (Å²) in [7, 11) is 0. The molecule has 4 aromatic rings. The second kappa shape index (κ2) is 11.4. The van der Waals surface area contributed by atoms with Crippen LogP contribution in [0.5, 0.6) is 5.75 Å². The van der Waals surface area contributed by atoms with Gasteiger partial charge in [-0.3, -0.25) is 9.59 Å². The first kappa shape index (κ1) is 24.8. The Morgan fingerprint density at radius 2 is 1.58 bits per heavy atom. The van der Waals surface area contributed by atoms with Gasteiger partial charge in [0.15, 0.2) is 0 Å². The second-order valence-corrected chi connectivity index (χ2v) is 8.81. The van der Waals surface area contributed by atoms with Gasteiger partial charge in [-0.2, -0.15) is 0 Å². The third-order valence-corrected chi connectivity index (χ3v) is 6.30. The van der Waals surface area contributed by atoms with Crippen molar-refractivity contribution in [2.24, 2.45) is 0 Å². The molecule has 0 atom stereocenters. The Bertz CT molecular complexity index is 1430. The number of anilines is 2. The van der Waals surface area contributed by atoms with Crippen LogP contribution in [0.25, 0.3) is 10.8 Å². The van der Waals surface area contributed by atoms with E-state index < -0.39 is 11.9 Å². The monoisotopic (exact) mass is 500 g/mol. The molecule has 7 nitrogen and oxygen atoms in total. The lowest BCUT2D eigenvalue weighted by Gasteiger charge is -2.12. The van der Waals surface area contributed by atoms with Crippen LogP contribution in [0.3, 0.4) is 0 Å². The standard InChI is InChI=1S/C28H24N2O5S/c1-2-35-24-15-4-3-14-23(24)30-25(31)17-36-20-11-7-10-19(16-20)29-27(32)21-12-5-8-18-9-6-13-22(26(18)21)28(33)34/h3-16H,2,17H2,1H3,(H,29,32)(H,30,31)(H,33,34). The zero-order valence-electron chi connectivity index (χ0n) is 19.5. The third-order valence-electron chi connectivity index (χ3n) is 5.30. The number of amides is 2. The number of para-hydroxylation sites is 2. The minimum Gasteiger partial charge on any atom is -0.492 e. The molecule has 182 valence electrons. The smallest absolute Gasteiger partial charge is 0.336 e. The summed E-state index contributed by atoms with van der Waals surface area (Å²) in [4.78, 5) is 38.1. The van der Waals surface area contributed by atoms with Gasteiger partial charge in [-0.1, -0.05) is 42.5 Å². The summed E-state index contributed by atoms with van der Waals surface area (Å²) in [5.41, 5.74) is 1.49. The molecule has 0 spiro atoms. The number of carboxylic acid groups (broad SMARTS) is 1. The highest BCUT2D eigenvalue weighted by Gasteiger charge is 2.17. The van der Waals surface area contributed by atoms with Crippen LogP contribution >= 0.6 is 11.8 Å². The van der Waals surface area contributed by atoms with Gasteiger partial charge in [0.1, 0.15) is 5.75 Å². The van der Waals surface area contributed by atoms with Gasteiger partial charge in [0.05, 0.1) is 23.6 Å². The predicted octanol–water partition coefficient (Wildman–Crippen LogP) is 5.92. The largest absolute Gasteiger partial charge is 0.492 e. The Kier molecular flexibility index (Phi) is 7.87. The van der Waals surface area contributed by atoms with E-state index in [0.717, 1.165) is 4.90 Å². The molecule has 0 radical (unpaired) electrons. The molecule has 0 aliphatic carbocycles. The number of thioether (sulfide) groups is 1. The quantitative estimate of drug-likeness (QED) is 0.247. The molecule has 0 aliphatic heterocycles. The lowest BCUT2D eigenvalue weighted by molar-refractivity contribution is -0.113. The molecule has 0 saturated carbocycles. The van der Waals surface area contributed by atoms with Crippen molar-refractivity contribution in [2.45, 2.75) is 11.8 Å². The molecule has 0 bridgehead atoms. The minimum absolute atomic E-state index is 0.0690. The minimum atomic E-state index is -1.10. The zero-order valence-corrected chi connectivity index (χ0v) is 20.3. The van der Waals surface area contributed by atoms with Gasteiger partial charge in [-0.15, -0.1) is 11.8 Å². The molecule has 0 saturated heterocycles. The van der Waals surface area contributed by atoms with Crippen molar-refractivity contribution in [3.05, 3.63) is 96.1 Å². The van der Waals surface area contributed by atoms with E-state index in [1.807, 2.05) is 25.1 Å². The Hall–Kier alpha value is -4.30. The van der Waals surface area contributed by atoms with E-state index in [1.54, 1.807) is 60.7 Å². The molecule has 3 N–H and O–H groups in total. The van der Waals surface area contributed by atoms with Crippen LogP contribution in [0.1, 0.15) is 27.6 Å². The van der Waals surface area contributed by atoms with Gasteiger partial charge in [-0.25, -0.2) is 4.79 Å². The van der Waals surface area contributed by atoms with Gasteiger partial charge in [0.2, 0.25) is 5.91 Å². The molecule has 8 heteroatoms. The van der Waals surface area contributed by atoms with E-state index in [-0.39, 0.29) is 22.8 Å². The summed E-state index contributed by atoms with van der Waals surface area (Å²) >= 11 is 1.33. The molecule has 36 heavy (non-hydrogen) atoms. The predicted molar refractivity (Wildman–Crippen MR) is 142 cm³/mol. The molecule has 2 amide bonds. The highest BCUT2D eigenvalue weighted by molar-refractivity contribution is 8.00. The topological polar surface area (TPSA) is 105 Å². The van der Waals surface area contributed by atoms with E-state index in [9.17, 15) is 19.5 Å². The number of nitrogens with one attached hydrogen (secondary N) is 2. The molecule has 0 fully saturated rings. The number of hydrogen-bond donors (Lipinski definition) is 3. The Balaban J connectivity index is 1.45. The van der Waals surface area contributed by atoms with Gasteiger partial charge >= 0.3 is 5.97 Å². The normalized spacial score (nSPS) is 10.6. The van der Waals surface area contributed by atoms with Crippen LogP contribution in [0.2, 0.25) is 0 Å². The summed E-state index contributed by atoms with van der Waals surface area (Å²) < 4.78 is 5.54. The van der Waals surface area contributed by atoms with Crippen molar-refractivity contribution in [1.82, 2.24) is 0 Å². The van der Waals surface area contributed by atoms with Gasteiger partial charge < -0.3 is 20.5 Å². The first-order chi connectivity index (χ1) is 17.5.